The summed E-state index contributed by atoms with van der Waals surface area (Å²) in [5.41, 5.74) is 4.27. The molecule has 4 rings (SSSR count). The van der Waals surface area contributed by atoms with Crippen LogP contribution in [-0.4, -0.2) is 17.9 Å². The van der Waals surface area contributed by atoms with Gasteiger partial charge in [-0.3, -0.25) is 9.59 Å². The van der Waals surface area contributed by atoms with Crippen LogP contribution in [0.15, 0.2) is 72.8 Å². The van der Waals surface area contributed by atoms with Gasteiger partial charge in [-0.15, -0.1) is 0 Å². The molecule has 1 heterocycles. The number of amides is 2. The lowest BCUT2D eigenvalue weighted by atomic mass is 10.1. The van der Waals surface area contributed by atoms with Crippen LogP contribution in [0.1, 0.15) is 38.8 Å². The summed E-state index contributed by atoms with van der Waals surface area (Å²) in [5, 5.41) is 11.6. The summed E-state index contributed by atoms with van der Waals surface area (Å²) in [6.07, 6.45) is 0.840. The highest BCUT2D eigenvalue weighted by Crippen LogP contribution is 2.33. The SMILES string of the molecule is CC1Cc2ccccc2N1C(=O)c1ccc(C(=O)Nc2ccc(C#N)cc2)cc1. The lowest BCUT2D eigenvalue weighted by Gasteiger charge is -2.23. The van der Waals surface area contributed by atoms with E-state index in [-0.39, 0.29) is 17.9 Å². The molecule has 1 N–H and O–H groups in total. The molecule has 0 saturated heterocycles. The van der Waals surface area contributed by atoms with Gasteiger partial charge in [0.1, 0.15) is 0 Å². The van der Waals surface area contributed by atoms with Crippen molar-refractivity contribution in [1.82, 2.24) is 0 Å². The number of benzene rings is 3. The molecule has 29 heavy (non-hydrogen) atoms. The van der Waals surface area contributed by atoms with E-state index < -0.39 is 0 Å². The van der Waals surface area contributed by atoms with Crippen LogP contribution in [0.5, 0.6) is 0 Å². The van der Waals surface area contributed by atoms with E-state index in [9.17, 15) is 9.59 Å². The van der Waals surface area contributed by atoms with Gasteiger partial charge in [0.15, 0.2) is 0 Å². The van der Waals surface area contributed by atoms with E-state index in [0.29, 0.717) is 22.4 Å². The summed E-state index contributed by atoms with van der Waals surface area (Å²) in [4.78, 5) is 27.3. The van der Waals surface area contributed by atoms with Crippen molar-refractivity contribution in [2.75, 3.05) is 10.2 Å². The van der Waals surface area contributed by atoms with Gasteiger partial charge in [-0.25, -0.2) is 0 Å². The van der Waals surface area contributed by atoms with Gasteiger partial charge in [0.05, 0.1) is 11.6 Å². The molecule has 1 unspecified atom stereocenters. The molecule has 0 fully saturated rings. The summed E-state index contributed by atoms with van der Waals surface area (Å²) in [6, 6.07) is 23.4. The average Bonchev–Trinajstić information content (AvgIpc) is 3.09. The fourth-order valence-electron chi connectivity index (χ4n) is 3.61. The molecule has 1 atom stereocenters. The maximum absolute atomic E-state index is 13.1. The average molecular weight is 381 g/mol. The summed E-state index contributed by atoms with van der Waals surface area (Å²) in [6.45, 7) is 2.04. The van der Waals surface area contributed by atoms with Gasteiger partial charge < -0.3 is 10.2 Å². The monoisotopic (exact) mass is 381 g/mol. The first-order valence-corrected chi connectivity index (χ1v) is 9.40. The Morgan fingerprint density at radius 2 is 1.62 bits per heavy atom. The Bertz CT molecular complexity index is 1110. The maximum Gasteiger partial charge on any atom is 0.258 e. The first-order valence-electron chi connectivity index (χ1n) is 9.40. The van der Waals surface area contributed by atoms with Gasteiger partial charge in [-0.2, -0.15) is 5.26 Å². The maximum atomic E-state index is 13.1. The van der Waals surface area contributed by atoms with E-state index in [1.807, 2.05) is 36.1 Å². The van der Waals surface area contributed by atoms with Gasteiger partial charge in [0.25, 0.3) is 11.8 Å². The molecule has 1 aliphatic heterocycles. The Labute approximate surface area is 169 Å². The third kappa shape index (κ3) is 3.61. The largest absolute Gasteiger partial charge is 0.322 e. The zero-order chi connectivity index (χ0) is 20.4. The minimum Gasteiger partial charge on any atom is -0.322 e. The van der Waals surface area contributed by atoms with Gasteiger partial charge in [0, 0.05) is 28.5 Å². The van der Waals surface area contributed by atoms with Gasteiger partial charge in [-0.1, -0.05) is 18.2 Å². The van der Waals surface area contributed by atoms with Crippen LogP contribution in [0.25, 0.3) is 0 Å². The molecule has 5 heteroatoms. The Morgan fingerprint density at radius 1 is 0.966 bits per heavy atom. The Kier molecular flexibility index (Phi) is 4.84. The second-order valence-electron chi connectivity index (χ2n) is 7.08. The smallest absolute Gasteiger partial charge is 0.258 e. The number of nitrogens with one attached hydrogen (secondary N) is 1. The van der Waals surface area contributed by atoms with Crippen molar-refractivity contribution < 1.29 is 9.59 Å². The predicted molar refractivity (Wildman–Crippen MR) is 112 cm³/mol. The molecule has 3 aromatic carbocycles. The number of hydrogen-bond donors (Lipinski definition) is 1. The summed E-state index contributed by atoms with van der Waals surface area (Å²) >= 11 is 0. The quantitative estimate of drug-likeness (QED) is 0.731. The van der Waals surface area contributed by atoms with Gasteiger partial charge >= 0.3 is 0 Å². The molecule has 0 saturated carbocycles. The van der Waals surface area contributed by atoms with E-state index in [4.69, 9.17) is 5.26 Å². The third-order valence-electron chi connectivity index (χ3n) is 5.09. The number of anilines is 2. The molecular formula is C24H19N3O2. The number of nitrogens with zero attached hydrogens (tertiary/aromatic N) is 2. The second kappa shape index (κ2) is 7.61. The minimum atomic E-state index is -0.270. The Morgan fingerprint density at radius 3 is 2.31 bits per heavy atom. The third-order valence-corrected chi connectivity index (χ3v) is 5.09. The van der Waals surface area contributed by atoms with Crippen molar-refractivity contribution in [1.29, 1.82) is 5.26 Å². The number of carbonyl (C=O) groups is 2. The number of hydrogen-bond acceptors (Lipinski definition) is 3. The molecule has 0 bridgehead atoms. The van der Waals surface area contributed by atoms with Crippen LogP contribution >= 0.6 is 0 Å². The fourth-order valence-corrected chi connectivity index (χ4v) is 3.61. The topological polar surface area (TPSA) is 73.2 Å². The molecule has 3 aromatic rings. The molecule has 0 aromatic heterocycles. The lowest BCUT2D eigenvalue weighted by Crippen LogP contribution is -2.35. The zero-order valence-corrected chi connectivity index (χ0v) is 15.9. The molecule has 142 valence electrons. The molecule has 0 radical (unpaired) electrons. The number of para-hydroxylation sites is 1. The van der Waals surface area contributed by atoms with Crippen molar-refractivity contribution >= 4 is 23.2 Å². The minimum absolute atomic E-state index is 0.0681. The van der Waals surface area contributed by atoms with Crippen molar-refractivity contribution in [3.8, 4) is 6.07 Å². The van der Waals surface area contributed by atoms with Crippen LogP contribution in [0.2, 0.25) is 0 Å². The van der Waals surface area contributed by atoms with E-state index >= 15 is 0 Å². The first kappa shape index (κ1) is 18.5. The van der Waals surface area contributed by atoms with Crippen molar-refractivity contribution in [2.45, 2.75) is 19.4 Å². The van der Waals surface area contributed by atoms with Crippen molar-refractivity contribution in [3.63, 3.8) is 0 Å². The van der Waals surface area contributed by atoms with Crippen LogP contribution in [0, 0.1) is 11.3 Å². The van der Waals surface area contributed by atoms with Gasteiger partial charge in [0.2, 0.25) is 0 Å². The molecule has 0 aliphatic carbocycles. The standard InChI is InChI=1S/C24H19N3O2/c1-16-14-20-4-2-3-5-22(20)27(16)24(29)19-10-8-18(9-11-19)23(28)26-21-12-6-17(15-25)7-13-21/h2-13,16H,14H2,1H3,(H,26,28). The molecule has 1 aliphatic rings. The highest BCUT2D eigenvalue weighted by molar-refractivity contribution is 6.09. The van der Waals surface area contributed by atoms with Crippen LogP contribution in [0.4, 0.5) is 11.4 Å². The summed E-state index contributed by atoms with van der Waals surface area (Å²) in [5.74, 6) is -0.338. The normalized spacial score (nSPS) is 14.8. The first-order chi connectivity index (χ1) is 14.1. The van der Waals surface area contributed by atoms with Crippen LogP contribution in [-0.2, 0) is 6.42 Å². The number of rotatable bonds is 3. The zero-order valence-electron chi connectivity index (χ0n) is 15.9. The number of nitriles is 1. The second-order valence-corrected chi connectivity index (χ2v) is 7.08. The molecule has 0 spiro atoms. The highest BCUT2D eigenvalue weighted by atomic mass is 16.2. The molecular weight excluding hydrogens is 362 g/mol. The van der Waals surface area contributed by atoms with Crippen molar-refractivity contribution in [3.05, 3.63) is 95.1 Å². The van der Waals surface area contributed by atoms with E-state index in [2.05, 4.69) is 11.4 Å². The lowest BCUT2D eigenvalue weighted by molar-refractivity contribution is 0.0978. The van der Waals surface area contributed by atoms with Crippen molar-refractivity contribution in [2.24, 2.45) is 0 Å². The van der Waals surface area contributed by atoms with E-state index in [0.717, 1.165) is 12.1 Å². The highest BCUT2D eigenvalue weighted by Gasteiger charge is 2.31. The van der Waals surface area contributed by atoms with Crippen LogP contribution in [0.3, 0.4) is 0 Å². The predicted octanol–water partition coefficient (Wildman–Crippen LogP) is 4.40. The number of carbonyl (C=O) groups excluding carboxylic acids is 2. The van der Waals surface area contributed by atoms with E-state index in [1.165, 1.54) is 5.56 Å². The fraction of sp³-hybridized carbons (Fsp3) is 0.125. The Balaban J connectivity index is 1.49. The molecule has 5 nitrogen and oxygen atoms in total. The van der Waals surface area contributed by atoms with Gasteiger partial charge in [-0.05, 0) is 73.5 Å². The Hall–Kier alpha value is -3.91. The summed E-state index contributed by atoms with van der Waals surface area (Å²) in [7, 11) is 0. The molecule has 2 amide bonds. The number of fused-ring (bicyclic) bond motifs is 1. The van der Waals surface area contributed by atoms with Crippen LogP contribution < -0.4 is 10.2 Å². The summed E-state index contributed by atoms with van der Waals surface area (Å²) < 4.78 is 0. The van der Waals surface area contributed by atoms with E-state index in [1.54, 1.807) is 48.5 Å².